The molecule has 2 aromatic rings. The third-order valence-corrected chi connectivity index (χ3v) is 3.23. The van der Waals surface area contributed by atoms with Crippen molar-refractivity contribution < 1.29 is 14.3 Å². The number of aromatic nitrogens is 1. The molecule has 108 valence electrons. The maximum absolute atomic E-state index is 12.3. The summed E-state index contributed by atoms with van der Waals surface area (Å²) in [6, 6.07) is 8.43. The molecule has 0 fully saturated rings. The summed E-state index contributed by atoms with van der Waals surface area (Å²) in [6.07, 6.45) is 1.46. The lowest BCUT2D eigenvalue weighted by Gasteiger charge is -2.17. The van der Waals surface area contributed by atoms with Crippen LogP contribution in [0.15, 0.2) is 41.3 Å². The topological polar surface area (TPSA) is 71.6 Å². The van der Waals surface area contributed by atoms with Crippen molar-refractivity contribution in [2.45, 2.75) is 6.54 Å². The van der Waals surface area contributed by atoms with Crippen molar-refractivity contribution in [2.75, 3.05) is 13.8 Å². The number of carbonyl (C=O) groups excluding carboxylic acids is 1. The van der Waals surface area contributed by atoms with Gasteiger partial charge in [-0.25, -0.2) is 0 Å². The first kappa shape index (κ1) is 13.2. The van der Waals surface area contributed by atoms with E-state index in [2.05, 4.69) is 4.98 Å². The van der Waals surface area contributed by atoms with Crippen LogP contribution in [0.3, 0.4) is 0 Å². The zero-order valence-electron chi connectivity index (χ0n) is 11.5. The van der Waals surface area contributed by atoms with Crippen molar-refractivity contribution >= 4 is 5.91 Å². The Hall–Kier alpha value is -2.76. The van der Waals surface area contributed by atoms with Crippen LogP contribution in [-0.4, -0.2) is 29.6 Å². The number of hydrogen-bond acceptors (Lipinski definition) is 4. The number of H-pyrrole nitrogens is 1. The Kier molecular flexibility index (Phi) is 3.35. The monoisotopic (exact) mass is 286 g/mol. The number of carbonyl (C=O) groups is 1. The van der Waals surface area contributed by atoms with E-state index in [9.17, 15) is 9.59 Å². The molecule has 1 aromatic heterocycles. The average Bonchev–Trinajstić information content (AvgIpc) is 2.94. The number of nitrogens with zero attached hydrogens (tertiary/aromatic N) is 1. The van der Waals surface area contributed by atoms with Gasteiger partial charge in [0.1, 0.15) is 0 Å². The molecule has 1 aromatic carbocycles. The molecule has 0 aliphatic carbocycles. The van der Waals surface area contributed by atoms with Crippen LogP contribution in [0.1, 0.15) is 15.9 Å². The van der Waals surface area contributed by atoms with Crippen LogP contribution in [0.25, 0.3) is 0 Å². The van der Waals surface area contributed by atoms with Gasteiger partial charge in [-0.2, -0.15) is 0 Å². The molecule has 0 radical (unpaired) electrons. The zero-order valence-corrected chi connectivity index (χ0v) is 11.5. The summed E-state index contributed by atoms with van der Waals surface area (Å²) in [5, 5.41) is 0. The Morgan fingerprint density at radius 1 is 1.24 bits per heavy atom. The molecule has 1 aliphatic heterocycles. The molecule has 0 saturated carbocycles. The van der Waals surface area contributed by atoms with Crippen molar-refractivity contribution in [3.05, 3.63) is 58.0 Å². The first-order valence-corrected chi connectivity index (χ1v) is 6.46. The lowest BCUT2D eigenvalue weighted by atomic mass is 10.1. The molecule has 0 bridgehead atoms. The number of hydrogen-bond donors (Lipinski definition) is 1. The van der Waals surface area contributed by atoms with E-state index in [-0.39, 0.29) is 18.3 Å². The summed E-state index contributed by atoms with van der Waals surface area (Å²) in [5.41, 5.74) is 0.999. The van der Waals surface area contributed by atoms with Crippen molar-refractivity contribution in [2.24, 2.45) is 0 Å². The van der Waals surface area contributed by atoms with Gasteiger partial charge in [0.15, 0.2) is 11.5 Å². The van der Waals surface area contributed by atoms with Crippen LogP contribution in [0.5, 0.6) is 11.5 Å². The number of fused-ring (bicyclic) bond motifs is 1. The maximum atomic E-state index is 12.3. The van der Waals surface area contributed by atoms with Crippen LogP contribution < -0.4 is 15.0 Å². The number of ether oxygens (including phenoxy) is 2. The van der Waals surface area contributed by atoms with Crippen LogP contribution in [-0.2, 0) is 6.54 Å². The maximum Gasteiger partial charge on any atom is 0.254 e. The van der Waals surface area contributed by atoms with E-state index >= 15 is 0 Å². The van der Waals surface area contributed by atoms with Crippen LogP contribution in [0.2, 0.25) is 0 Å². The van der Waals surface area contributed by atoms with Gasteiger partial charge in [0, 0.05) is 31.4 Å². The molecule has 2 heterocycles. The Morgan fingerprint density at radius 3 is 2.86 bits per heavy atom. The zero-order chi connectivity index (χ0) is 14.8. The average molecular weight is 286 g/mol. The van der Waals surface area contributed by atoms with E-state index in [1.807, 2.05) is 18.2 Å². The van der Waals surface area contributed by atoms with Gasteiger partial charge in [-0.05, 0) is 23.8 Å². The number of amides is 1. The van der Waals surface area contributed by atoms with Crippen molar-refractivity contribution in [3.63, 3.8) is 0 Å². The summed E-state index contributed by atoms with van der Waals surface area (Å²) in [6.45, 7) is 0.641. The van der Waals surface area contributed by atoms with Gasteiger partial charge in [0.2, 0.25) is 12.4 Å². The molecule has 21 heavy (non-hydrogen) atoms. The van der Waals surface area contributed by atoms with Gasteiger partial charge in [-0.1, -0.05) is 6.07 Å². The summed E-state index contributed by atoms with van der Waals surface area (Å²) in [5.74, 6) is 1.19. The highest BCUT2D eigenvalue weighted by molar-refractivity contribution is 5.93. The van der Waals surface area contributed by atoms with Crippen LogP contribution >= 0.6 is 0 Å². The lowest BCUT2D eigenvalue weighted by Crippen LogP contribution is -2.27. The number of rotatable bonds is 3. The van der Waals surface area contributed by atoms with Gasteiger partial charge in [0.25, 0.3) is 5.91 Å². The first-order valence-electron chi connectivity index (χ1n) is 6.46. The molecule has 6 nitrogen and oxygen atoms in total. The largest absolute Gasteiger partial charge is 0.454 e. The van der Waals surface area contributed by atoms with E-state index in [1.54, 1.807) is 18.0 Å². The van der Waals surface area contributed by atoms with Gasteiger partial charge in [-0.15, -0.1) is 0 Å². The Labute approximate surface area is 120 Å². The summed E-state index contributed by atoms with van der Waals surface area (Å²) in [4.78, 5) is 27.5. The molecule has 1 aliphatic rings. The normalized spacial score (nSPS) is 12.2. The van der Waals surface area contributed by atoms with E-state index in [0.29, 0.717) is 23.6 Å². The van der Waals surface area contributed by atoms with Crippen molar-refractivity contribution in [1.29, 1.82) is 0 Å². The molecule has 0 unspecified atom stereocenters. The Bertz CT molecular complexity index is 738. The highest BCUT2D eigenvalue weighted by atomic mass is 16.7. The Morgan fingerprint density at radius 2 is 2.05 bits per heavy atom. The predicted molar refractivity (Wildman–Crippen MR) is 75.4 cm³/mol. The summed E-state index contributed by atoms with van der Waals surface area (Å²) < 4.78 is 10.6. The second kappa shape index (κ2) is 5.32. The predicted octanol–water partition coefficient (Wildman–Crippen LogP) is 1.38. The molecule has 1 N–H and O–H groups in total. The van der Waals surface area contributed by atoms with Crippen LogP contribution in [0.4, 0.5) is 0 Å². The lowest BCUT2D eigenvalue weighted by molar-refractivity contribution is 0.0784. The molecule has 0 spiro atoms. The third-order valence-electron chi connectivity index (χ3n) is 3.23. The van der Waals surface area contributed by atoms with Crippen LogP contribution in [0, 0.1) is 0 Å². The summed E-state index contributed by atoms with van der Waals surface area (Å²) in [7, 11) is 1.69. The minimum absolute atomic E-state index is 0.209. The standard InChI is InChI=1S/C15H14N2O4/c1-17(15(19)11-4-5-16-14(18)7-11)8-10-2-3-12-13(6-10)21-9-20-12/h2-7H,8-9H2,1H3,(H,16,18). The number of benzene rings is 1. The highest BCUT2D eigenvalue weighted by Gasteiger charge is 2.16. The molecule has 3 rings (SSSR count). The van der Waals surface area contributed by atoms with Gasteiger partial charge < -0.3 is 19.4 Å². The molecular weight excluding hydrogens is 272 g/mol. The quantitative estimate of drug-likeness (QED) is 0.925. The Balaban J connectivity index is 1.75. The highest BCUT2D eigenvalue weighted by Crippen LogP contribution is 2.32. The van der Waals surface area contributed by atoms with Gasteiger partial charge in [-0.3, -0.25) is 9.59 Å². The van der Waals surface area contributed by atoms with E-state index in [4.69, 9.17) is 9.47 Å². The second-order valence-electron chi connectivity index (χ2n) is 4.79. The van der Waals surface area contributed by atoms with Gasteiger partial charge in [0.05, 0.1) is 0 Å². The number of aromatic amines is 1. The van der Waals surface area contributed by atoms with Crippen molar-refractivity contribution in [3.8, 4) is 11.5 Å². The fraction of sp³-hybridized carbons (Fsp3) is 0.200. The van der Waals surface area contributed by atoms with Crippen molar-refractivity contribution in [1.82, 2.24) is 9.88 Å². The molecular formula is C15H14N2O4. The number of nitrogens with one attached hydrogen (secondary N) is 1. The molecule has 1 amide bonds. The SMILES string of the molecule is CN(Cc1ccc2c(c1)OCO2)C(=O)c1cc[nH]c(=O)c1. The molecule has 6 heteroatoms. The minimum atomic E-state index is -0.294. The third kappa shape index (κ3) is 2.74. The second-order valence-corrected chi connectivity index (χ2v) is 4.79. The fourth-order valence-electron chi connectivity index (χ4n) is 2.18. The fourth-order valence-corrected chi connectivity index (χ4v) is 2.18. The minimum Gasteiger partial charge on any atom is -0.454 e. The summed E-state index contributed by atoms with van der Waals surface area (Å²) >= 11 is 0. The van der Waals surface area contributed by atoms with E-state index < -0.39 is 0 Å². The first-order chi connectivity index (χ1) is 10.1. The smallest absolute Gasteiger partial charge is 0.254 e. The molecule has 0 atom stereocenters. The number of pyridine rings is 1. The van der Waals surface area contributed by atoms with E-state index in [1.165, 1.54) is 12.3 Å². The van der Waals surface area contributed by atoms with Gasteiger partial charge >= 0.3 is 0 Å². The molecule has 0 saturated heterocycles. The van der Waals surface area contributed by atoms with E-state index in [0.717, 1.165) is 5.56 Å².